The minimum absolute atomic E-state index is 0.0393. The summed E-state index contributed by atoms with van der Waals surface area (Å²) >= 11 is 7.65. The Hall–Kier alpha value is -4.67. The second-order valence-corrected chi connectivity index (χ2v) is 23.4. The molecule has 3 N–H and O–H groups in total. The number of sulfone groups is 1. The maximum atomic E-state index is 14.2. The van der Waals surface area contributed by atoms with Crippen LogP contribution in [0.4, 0.5) is 24.5 Å². The van der Waals surface area contributed by atoms with Crippen molar-refractivity contribution in [2.24, 2.45) is 0 Å². The Kier molecular flexibility index (Phi) is 17.3. The summed E-state index contributed by atoms with van der Waals surface area (Å²) in [5.74, 6) is -1.01. The Morgan fingerprint density at radius 1 is 0.871 bits per heavy atom. The number of sulfonamides is 1. The molecule has 0 saturated carbocycles. The molecule has 4 aromatic rings. The van der Waals surface area contributed by atoms with Crippen LogP contribution in [0.25, 0.3) is 5.57 Å². The van der Waals surface area contributed by atoms with E-state index in [0.717, 1.165) is 39.4 Å². The molecule has 7 rings (SSSR count). The Morgan fingerprint density at radius 3 is 2.19 bits per heavy atom. The fourth-order valence-corrected chi connectivity index (χ4v) is 11.5. The van der Waals surface area contributed by atoms with Crippen LogP contribution in [-0.2, 0) is 34.1 Å². The molecule has 0 bridgehead atoms. The molecule has 2 atom stereocenters. The SMILES string of the molecule is CC(C)(C)OC(=O)C1CC(c2ccc(Cl)cc2)=C(CN2CCN(c3ccc(C(=O)NS(=O)(=O)c4ccc(N[C@H](CCN5CCOCC5)CSc5ccccc5)c(S(=O)(=O)C(F)(F)F)c4)cc3)CC2)CN1. The first-order chi connectivity index (χ1) is 33.1. The van der Waals surface area contributed by atoms with Crippen molar-refractivity contribution in [1.82, 2.24) is 19.8 Å². The monoisotopic (exact) mass is 1050 g/mol. The third-order valence-corrected chi connectivity index (χ3v) is 16.4. The van der Waals surface area contributed by atoms with Crippen molar-refractivity contribution in [2.45, 2.75) is 71.5 Å². The number of carbonyl (C=O) groups excluding carboxylic acids is 2. The lowest BCUT2D eigenvalue weighted by Crippen LogP contribution is -2.49. The summed E-state index contributed by atoms with van der Waals surface area (Å²) in [7, 11) is -11.0. The number of hydrogen-bond acceptors (Lipinski definition) is 14. The minimum atomic E-state index is -6.08. The quantitative estimate of drug-likeness (QED) is 0.0711. The number of nitrogens with one attached hydrogen (secondary N) is 3. The molecular formula is C49H58ClF3N6O8S3. The number of nitrogens with zero attached hydrogens (tertiary/aromatic N) is 3. The van der Waals surface area contributed by atoms with Crippen LogP contribution in [0.3, 0.4) is 0 Å². The third kappa shape index (κ3) is 14.1. The zero-order valence-corrected chi connectivity index (χ0v) is 42.3. The highest BCUT2D eigenvalue weighted by Crippen LogP contribution is 2.37. The molecule has 0 spiro atoms. The van der Waals surface area contributed by atoms with Crippen LogP contribution in [-0.4, -0.2) is 140 Å². The Balaban J connectivity index is 1.01. The van der Waals surface area contributed by atoms with Gasteiger partial charge in [-0.05, 0) is 117 Å². The highest BCUT2D eigenvalue weighted by atomic mass is 35.5. The first-order valence-corrected chi connectivity index (χ1v) is 27.3. The number of piperazine rings is 1. The van der Waals surface area contributed by atoms with Gasteiger partial charge < -0.3 is 25.0 Å². The number of morpholine rings is 1. The van der Waals surface area contributed by atoms with Crippen molar-refractivity contribution >= 4 is 72.0 Å². The summed E-state index contributed by atoms with van der Waals surface area (Å²) in [5, 5.41) is 6.97. The van der Waals surface area contributed by atoms with Crippen LogP contribution in [0.5, 0.6) is 0 Å². The summed E-state index contributed by atoms with van der Waals surface area (Å²) in [4.78, 5) is 31.8. The van der Waals surface area contributed by atoms with Crippen LogP contribution in [0, 0.1) is 0 Å². The van der Waals surface area contributed by atoms with E-state index >= 15 is 0 Å². The molecule has 2 fully saturated rings. The number of rotatable bonds is 17. The van der Waals surface area contributed by atoms with E-state index < -0.39 is 64.4 Å². The van der Waals surface area contributed by atoms with Crippen molar-refractivity contribution in [2.75, 3.05) is 88.1 Å². The van der Waals surface area contributed by atoms with E-state index in [1.807, 2.05) is 80.1 Å². The van der Waals surface area contributed by atoms with Gasteiger partial charge in [0.25, 0.3) is 25.8 Å². The standard InChI is InChI=1S/C49H58ClF3N6O8S3/c1-48(2,3)67-47(61)44-30-42(34-9-13-37(50)14-10-34)36(31-54-44)32-58-21-23-59(24-22-58)39-15-11-35(12-16-39)46(60)56-70(64,65)41-17-18-43(45(29-41)69(62,63)49(51,52)53)55-38(19-20-57-25-27-66-28-26-57)33-68-40-7-5-4-6-8-40/h4-18,29,38,44,54-55H,19-28,30-33H2,1-3H3,(H,56,60)/t38-,44?/m1/s1. The van der Waals surface area contributed by atoms with Gasteiger partial charge in [0.2, 0.25) is 0 Å². The molecule has 4 aromatic carbocycles. The Labute approximate surface area is 417 Å². The number of esters is 1. The minimum Gasteiger partial charge on any atom is -0.459 e. The van der Waals surface area contributed by atoms with Gasteiger partial charge in [-0.15, -0.1) is 11.8 Å². The zero-order chi connectivity index (χ0) is 50.3. The van der Waals surface area contributed by atoms with Gasteiger partial charge in [0, 0.05) is 91.9 Å². The molecule has 1 unspecified atom stereocenters. The summed E-state index contributed by atoms with van der Waals surface area (Å²) in [6.07, 6.45) is 0.892. The van der Waals surface area contributed by atoms with E-state index in [-0.39, 0.29) is 11.5 Å². The second kappa shape index (κ2) is 22.8. The zero-order valence-electron chi connectivity index (χ0n) is 39.1. The van der Waals surface area contributed by atoms with Gasteiger partial charge in [-0.2, -0.15) is 13.2 Å². The predicted octanol–water partition coefficient (Wildman–Crippen LogP) is 7.33. The lowest BCUT2D eigenvalue weighted by atomic mass is 9.89. The predicted molar refractivity (Wildman–Crippen MR) is 267 cm³/mol. The topological polar surface area (TPSA) is 167 Å². The summed E-state index contributed by atoms with van der Waals surface area (Å²) < 4.78 is 109. The van der Waals surface area contributed by atoms with E-state index in [2.05, 4.69) is 25.3 Å². The van der Waals surface area contributed by atoms with E-state index in [1.54, 1.807) is 12.1 Å². The Bertz CT molecular complexity index is 2710. The van der Waals surface area contributed by atoms with E-state index in [4.69, 9.17) is 21.1 Å². The van der Waals surface area contributed by atoms with Crippen LogP contribution < -0.4 is 20.3 Å². The second-order valence-electron chi connectivity index (χ2n) is 18.3. The fourth-order valence-electron chi connectivity index (χ4n) is 8.37. The van der Waals surface area contributed by atoms with Crippen molar-refractivity contribution in [1.29, 1.82) is 0 Å². The molecule has 0 radical (unpaired) electrons. The molecule has 14 nitrogen and oxygen atoms in total. The smallest absolute Gasteiger partial charge is 0.459 e. The summed E-state index contributed by atoms with van der Waals surface area (Å²) in [6, 6.07) is 24.5. The van der Waals surface area contributed by atoms with Crippen molar-refractivity contribution < 1.29 is 49.1 Å². The normalized spacial score (nSPS) is 18.3. The molecular weight excluding hydrogens is 989 g/mol. The number of hydrogen-bond donors (Lipinski definition) is 3. The van der Waals surface area contributed by atoms with Crippen LogP contribution in [0.2, 0.25) is 5.02 Å². The number of amides is 1. The average Bonchev–Trinajstić information content (AvgIpc) is 3.32. The van der Waals surface area contributed by atoms with Gasteiger partial charge in [-0.25, -0.2) is 21.6 Å². The van der Waals surface area contributed by atoms with E-state index in [1.165, 1.54) is 23.9 Å². The number of benzene rings is 4. The number of halogens is 4. The van der Waals surface area contributed by atoms with E-state index in [9.17, 15) is 39.6 Å². The molecule has 2 saturated heterocycles. The highest BCUT2D eigenvalue weighted by Gasteiger charge is 2.48. The molecule has 0 aromatic heterocycles. The van der Waals surface area contributed by atoms with Gasteiger partial charge in [0.05, 0.1) is 23.8 Å². The van der Waals surface area contributed by atoms with Gasteiger partial charge >= 0.3 is 11.5 Å². The summed E-state index contributed by atoms with van der Waals surface area (Å²) in [6.45, 7) is 12.3. The van der Waals surface area contributed by atoms with Crippen LogP contribution in [0.15, 0.2) is 117 Å². The first kappa shape index (κ1) is 53.1. The third-order valence-electron chi connectivity index (χ3n) is 12.1. The number of alkyl halides is 3. The number of thioether (sulfide) groups is 1. The maximum absolute atomic E-state index is 14.2. The number of carbonyl (C=O) groups is 2. The molecule has 378 valence electrons. The van der Waals surface area contributed by atoms with Gasteiger partial charge in [-0.1, -0.05) is 41.9 Å². The first-order valence-electron chi connectivity index (χ1n) is 22.9. The highest BCUT2D eigenvalue weighted by molar-refractivity contribution is 7.99. The average molecular weight is 1050 g/mol. The van der Waals surface area contributed by atoms with Crippen molar-refractivity contribution in [3.05, 3.63) is 119 Å². The Morgan fingerprint density at radius 2 is 1.54 bits per heavy atom. The molecule has 0 aliphatic carbocycles. The maximum Gasteiger partial charge on any atom is 0.501 e. The summed E-state index contributed by atoms with van der Waals surface area (Å²) in [5.41, 5.74) is -2.83. The largest absolute Gasteiger partial charge is 0.501 e. The molecule has 1 amide bonds. The lowest BCUT2D eigenvalue weighted by Gasteiger charge is -2.38. The molecule has 70 heavy (non-hydrogen) atoms. The number of ether oxygens (including phenoxy) is 2. The number of anilines is 2. The van der Waals surface area contributed by atoms with Crippen molar-refractivity contribution in [3.8, 4) is 0 Å². The molecule has 3 heterocycles. The van der Waals surface area contributed by atoms with E-state index in [0.29, 0.717) is 102 Å². The molecule has 3 aliphatic heterocycles. The fraction of sp³-hybridized carbons (Fsp3) is 0.429. The van der Waals surface area contributed by atoms with Crippen LogP contribution >= 0.6 is 23.4 Å². The van der Waals surface area contributed by atoms with Gasteiger partial charge in [0.15, 0.2) is 0 Å². The van der Waals surface area contributed by atoms with Gasteiger partial charge in [0.1, 0.15) is 16.5 Å². The van der Waals surface area contributed by atoms with Crippen LogP contribution in [0.1, 0.15) is 49.5 Å². The molecule has 21 heteroatoms. The molecule has 3 aliphatic rings. The van der Waals surface area contributed by atoms with Gasteiger partial charge in [-0.3, -0.25) is 19.4 Å². The van der Waals surface area contributed by atoms with Crippen molar-refractivity contribution in [3.63, 3.8) is 0 Å². The lowest BCUT2D eigenvalue weighted by molar-refractivity contribution is -0.157.